The summed E-state index contributed by atoms with van der Waals surface area (Å²) in [7, 11) is 0. The third-order valence-corrected chi connectivity index (χ3v) is 8.70. The van der Waals surface area contributed by atoms with Gasteiger partial charge in [-0.25, -0.2) is 4.98 Å². The molecule has 0 unspecified atom stereocenters. The molecule has 10 nitrogen and oxygen atoms in total. The van der Waals surface area contributed by atoms with Crippen molar-refractivity contribution in [3.63, 3.8) is 0 Å². The van der Waals surface area contributed by atoms with Crippen molar-refractivity contribution in [1.82, 2.24) is 25.4 Å². The molecule has 37 heavy (non-hydrogen) atoms. The number of oxazole rings is 1. The summed E-state index contributed by atoms with van der Waals surface area (Å²) < 4.78 is 7.42. The SMILES string of the molecule is Cc1nnc(SCC(=O)Nc2ccc(-c3nc4cc(NC(=O)CSc5nnc(C)s5)ccc4o3)cc2)s1. The van der Waals surface area contributed by atoms with Crippen molar-refractivity contribution < 1.29 is 14.0 Å². The number of aromatic nitrogens is 5. The average Bonchev–Trinajstić information content (AvgIpc) is 3.61. The molecule has 0 aliphatic heterocycles. The van der Waals surface area contributed by atoms with Crippen LogP contribution in [0.1, 0.15) is 10.0 Å². The van der Waals surface area contributed by atoms with E-state index in [1.165, 1.54) is 46.2 Å². The first-order chi connectivity index (χ1) is 17.9. The van der Waals surface area contributed by atoms with Crippen molar-refractivity contribution in [2.24, 2.45) is 0 Å². The first-order valence-electron chi connectivity index (χ1n) is 10.9. The van der Waals surface area contributed by atoms with Crippen LogP contribution < -0.4 is 10.6 Å². The molecule has 0 atom stereocenters. The van der Waals surface area contributed by atoms with E-state index in [-0.39, 0.29) is 23.3 Å². The van der Waals surface area contributed by atoms with Gasteiger partial charge in [0.1, 0.15) is 15.5 Å². The van der Waals surface area contributed by atoms with Crippen LogP contribution in [0.3, 0.4) is 0 Å². The van der Waals surface area contributed by atoms with Crippen molar-refractivity contribution >= 4 is 80.5 Å². The molecule has 0 saturated heterocycles. The third kappa shape index (κ3) is 6.71. The van der Waals surface area contributed by atoms with Crippen LogP contribution in [-0.4, -0.2) is 48.7 Å². The minimum atomic E-state index is -0.143. The lowest BCUT2D eigenvalue weighted by molar-refractivity contribution is -0.114. The number of thioether (sulfide) groups is 2. The number of aryl methyl sites for hydroxylation is 2. The molecule has 0 saturated carbocycles. The highest BCUT2D eigenvalue weighted by Gasteiger charge is 2.12. The van der Waals surface area contributed by atoms with Gasteiger partial charge in [0.15, 0.2) is 14.3 Å². The lowest BCUT2D eigenvalue weighted by Gasteiger charge is -2.04. The van der Waals surface area contributed by atoms with Gasteiger partial charge in [0.25, 0.3) is 0 Å². The minimum absolute atomic E-state index is 0.126. The molecule has 5 rings (SSSR count). The number of amides is 2. The van der Waals surface area contributed by atoms with Crippen LogP contribution in [0, 0.1) is 13.8 Å². The topological polar surface area (TPSA) is 136 Å². The van der Waals surface area contributed by atoms with Crippen LogP contribution in [0.2, 0.25) is 0 Å². The molecule has 0 bridgehead atoms. The average molecular weight is 570 g/mol. The maximum atomic E-state index is 12.3. The van der Waals surface area contributed by atoms with E-state index < -0.39 is 0 Å². The number of anilines is 2. The number of carbonyl (C=O) groups is 2. The second-order valence-corrected chi connectivity index (χ2v) is 12.4. The molecule has 3 aromatic heterocycles. The van der Waals surface area contributed by atoms with E-state index >= 15 is 0 Å². The predicted molar refractivity (Wildman–Crippen MR) is 147 cm³/mol. The van der Waals surface area contributed by atoms with Gasteiger partial charge < -0.3 is 15.1 Å². The molecule has 188 valence electrons. The Balaban J connectivity index is 1.17. The molecule has 2 amide bonds. The Labute approximate surface area is 227 Å². The Bertz CT molecular complexity index is 1560. The summed E-state index contributed by atoms with van der Waals surface area (Å²) in [4.78, 5) is 29.1. The second-order valence-electron chi connectivity index (χ2n) is 7.63. The Morgan fingerprint density at radius 3 is 1.95 bits per heavy atom. The fourth-order valence-corrected chi connectivity index (χ4v) is 6.38. The van der Waals surface area contributed by atoms with Crippen LogP contribution >= 0.6 is 46.2 Å². The van der Waals surface area contributed by atoms with Gasteiger partial charge >= 0.3 is 0 Å². The fraction of sp³-hybridized carbons (Fsp3) is 0.174. The highest BCUT2D eigenvalue weighted by molar-refractivity contribution is 8.01. The van der Waals surface area contributed by atoms with Crippen molar-refractivity contribution in [2.45, 2.75) is 22.5 Å². The molecule has 0 fully saturated rings. The van der Waals surface area contributed by atoms with Gasteiger partial charge in [-0.15, -0.1) is 20.4 Å². The van der Waals surface area contributed by atoms with Crippen molar-refractivity contribution in [1.29, 1.82) is 0 Å². The van der Waals surface area contributed by atoms with E-state index in [1.54, 1.807) is 30.3 Å². The zero-order valence-electron chi connectivity index (χ0n) is 19.5. The molecule has 0 radical (unpaired) electrons. The van der Waals surface area contributed by atoms with E-state index in [4.69, 9.17) is 4.42 Å². The molecule has 5 aromatic rings. The number of hydrogen-bond acceptors (Lipinski definition) is 12. The Morgan fingerprint density at radius 2 is 1.38 bits per heavy atom. The molecule has 2 N–H and O–H groups in total. The van der Waals surface area contributed by atoms with Gasteiger partial charge in [-0.2, -0.15) is 0 Å². The maximum Gasteiger partial charge on any atom is 0.234 e. The highest BCUT2D eigenvalue weighted by Crippen LogP contribution is 2.28. The Kier molecular flexibility index (Phi) is 7.79. The van der Waals surface area contributed by atoms with E-state index in [1.807, 2.05) is 26.0 Å². The van der Waals surface area contributed by atoms with Crippen molar-refractivity contribution in [3.05, 3.63) is 52.5 Å². The molecule has 0 aliphatic carbocycles. The summed E-state index contributed by atoms with van der Waals surface area (Å²) in [5.41, 5.74) is 3.30. The van der Waals surface area contributed by atoms with Crippen LogP contribution in [0.25, 0.3) is 22.6 Å². The quantitative estimate of drug-likeness (QED) is 0.226. The highest BCUT2D eigenvalue weighted by atomic mass is 32.2. The molecule has 0 spiro atoms. The summed E-state index contributed by atoms with van der Waals surface area (Å²) in [5.74, 6) is 0.663. The van der Waals surface area contributed by atoms with Crippen LogP contribution in [0.15, 0.2) is 55.6 Å². The third-order valence-electron chi connectivity index (χ3n) is 4.76. The molecular weight excluding hydrogens is 551 g/mol. The molecule has 3 heterocycles. The van der Waals surface area contributed by atoms with Crippen molar-refractivity contribution in [3.8, 4) is 11.5 Å². The number of nitrogens with zero attached hydrogens (tertiary/aromatic N) is 5. The van der Waals surface area contributed by atoms with Gasteiger partial charge in [0.05, 0.1) is 11.5 Å². The first kappa shape index (κ1) is 25.3. The molecular formula is C23H19N7O3S4. The van der Waals surface area contributed by atoms with Crippen molar-refractivity contribution in [2.75, 3.05) is 22.1 Å². The number of nitrogens with one attached hydrogen (secondary N) is 2. The Hall–Kier alpha value is -3.33. The number of carbonyl (C=O) groups excluding carboxylic acids is 2. The van der Waals surface area contributed by atoms with E-state index in [2.05, 4.69) is 36.0 Å². The standard InChI is InChI=1S/C23H19N7O3S4/c1-12-27-29-22(36-12)34-10-19(31)24-15-5-3-14(4-6-15)21-26-17-9-16(7-8-18(17)33-21)25-20(32)11-35-23-30-28-13(2)37-23/h3-9H,10-11H2,1-2H3,(H,24,31)(H,25,32). The second kappa shape index (κ2) is 11.4. The molecule has 0 aliphatic rings. The van der Waals surface area contributed by atoms with Gasteiger partial charge in [-0.3, -0.25) is 9.59 Å². The van der Waals surface area contributed by atoms with E-state index in [9.17, 15) is 9.59 Å². The monoisotopic (exact) mass is 569 g/mol. The summed E-state index contributed by atoms with van der Waals surface area (Å²) in [6, 6.07) is 12.6. The summed E-state index contributed by atoms with van der Waals surface area (Å²) >= 11 is 5.62. The minimum Gasteiger partial charge on any atom is -0.436 e. The van der Waals surface area contributed by atoms with Crippen LogP contribution in [-0.2, 0) is 9.59 Å². The first-order valence-corrected chi connectivity index (χ1v) is 14.5. The zero-order valence-corrected chi connectivity index (χ0v) is 22.8. The summed E-state index contributed by atoms with van der Waals surface area (Å²) in [5, 5.41) is 23.4. The van der Waals surface area contributed by atoms with Gasteiger partial charge in [0, 0.05) is 16.9 Å². The van der Waals surface area contributed by atoms with Crippen LogP contribution in [0.4, 0.5) is 11.4 Å². The fourth-order valence-electron chi connectivity index (χ4n) is 3.15. The normalized spacial score (nSPS) is 11.1. The summed E-state index contributed by atoms with van der Waals surface area (Å²) in [6.07, 6.45) is 0. The number of hydrogen-bond donors (Lipinski definition) is 2. The molecule has 2 aromatic carbocycles. The van der Waals surface area contributed by atoms with E-state index in [0.717, 1.165) is 24.3 Å². The zero-order chi connectivity index (χ0) is 25.8. The largest absolute Gasteiger partial charge is 0.436 e. The van der Waals surface area contributed by atoms with Gasteiger partial charge in [0.2, 0.25) is 17.7 Å². The Morgan fingerprint density at radius 1 is 0.811 bits per heavy atom. The van der Waals surface area contributed by atoms with E-state index in [0.29, 0.717) is 28.4 Å². The van der Waals surface area contributed by atoms with Gasteiger partial charge in [-0.05, 0) is 56.3 Å². The lowest BCUT2D eigenvalue weighted by atomic mass is 10.2. The predicted octanol–water partition coefficient (Wildman–Crippen LogP) is 5.28. The lowest BCUT2D eigenvalue weighted by Crippen LogP contribution is -2.13. The molecule has 14 heteroatoms. The van der Waals surface area contributed by atoms with Crippen LogP contribution in [0.5, 0.6) is 0 Å². The number of rotatable bonds is 9. The van der Waals surface area contributed by atoms with Gasteiger partial charge in [-0.1, -0.05) is 46.2 Å². The number of benzene rings is 2. The smallest absolute Gasteiger partial charge is 0.234 e. The number of fused-ring (bicyclic) bond motifs is 1. The maximum absolute atomic E-state index is 12.3. The summed E-state index contributed by atoms with van der Waals surface area (Å²) in [6.45, 7) is 3.75.